The molecule has 1 aromatic rings. The molecule has 102 valence electrons. The average molecular weight is 250 g/mol. The predicted octanol–water partition coefficient (Wildman–Crippen LogP) is 1.86. The van der Waals surface area contributed by atoms with Crippen molar-refractivity contribution < 1.29 is 0 Å². The Morgan fingerprint density at radius 2 is 2.00 bits per heavy atom. The Balaban J connectivity index is 2.17. The molecule has 1 saturated heterocycles. The van der Waals surface area contributed by atoms with Crippen LogP contribution in [0.4, 0.5) is 5.82 Å². The molecule has 0 bridgehead atoms. The molecule has 2 heterocycles. The Kier molecular flexibility index (Phi) is 4.27. The fourth-order valence-corrected chi connectivity index (χ4v) is 3.08. The van der Waals surface area contributed by atoms with Crippen molar-refractivity contribution in [2.24, 2.45) is 18.7 Å². The van der Waals surface area contributed by atoms with Crippen LogP contribution in [0.2, 0.25) is 0 Å². The van der Waals surface area contributed by atoms with Crippen LogP contribution >= 0.6 is 0 Å². The van der Waals surface area contributed by atoms with Gasteiger partial charge in [-0.15, -0.1) is 0 Å². The molecular formula is C14H26N4. The summed E-state index contributed by atoms with van der Waals surface area (Å²) in [4.78, 5) is 2.50. The van der Waals surface area contributed by atoms with Crippen LogP contribution in [0.3, 0.4) is 0 Å². The summed E-state index contributed by atoms with van der Waals surface area (Å²) in [5.74, 6) is 2.21. The lowest BCUT2D eigenvalue weighted by atomic mass is 9.94. The molecular weight excluding hydrogens is 224 g/mol. The van der Waals surface area contributed by atoms with E-state index in [0.29, 0.717) is 6.54 Å². The fraction of sp³-hybridized carbons (Fsp3) is 0.786. The lowest BCUT2D eigenvalue weighted by Crippen LogP contribution is -2.35. The van der Waals surface area contributed by atoms with Gasteiger partial charge >= 0.3 is 0 Å². The molecule has 4 heteroatoms. The molecule has 2 rings (SSSR count). The van der Waals surface area contributed by atoms with E-state index in [0.717, 1.165) is 31.1 Å². The predicted molar refractivity (Wildman–Crippen MR) is 75.9 cm³/mol. The SMILES string of the molecule is CCC1CCN(c2c(CCN)c(C)nn2C)CC1. The smallest absolute Gasteiger partial charge is 0.130 e. The molecule has 1 aliphatic heterocycles. The Morgan fingerprint density at radius 1 is 1.33 bits per heavy atom. The summed E-state index contributed by atoms with van der Waals surface area (Å²) in [6.45, 7) is 7.41. The van der Waals surface area contributed by atoms with E-state index in [1.165, 1.54) is 30.6 Å². The Labute approximate surface area is 110 Å². The number of hydrogen-bond donors (Lipinski definition) is 1. The second-order valence-corrected chi connectivity index (χ2v) is 5.39. The molecule has 2 N–H and O–H groups in total. The summed E-state index contributed by atoms with van der Waals surface area (Å²) in [5.41, 5.74) is 8.20. The largest absolute Gasteiger partial charge is 0.357 e. The monoisotopic (exact) mass is 250 g/mol. The Hall–Kier alpha value is -1.03. The van der Waals surface area contributed by atoms with Crippen molar-refractivity contribution in [3.8, 4) is 0 Å². The minimum absolute atomic E-state index is 0.699. The summed E-state index contributed by atoms with van der Waals surface area (Å²) in [5, 5.41) is 4.56. The average Bonchev–Trinajstić information content (AvgIpc) is 2.65. The lowest BCUT2D eigenvalue weighted by Gasteiger charge is -2.33. The Morgan fingerprint density at radius 3 is 2.56 bits per heavy atom. The highest BCUT2D eigenvalue weighted by Gasteiger charge is 2.23. The van der Waals surface area contributed by atoms with Crippen LogP contribution in [-0.2, 0) is 13.5 Å². The standard InChI is InChI=1S/C14H26N4/c1-4-12-6-9-18(10-7-12)14-13(5-8-15)11(2)16-17(14)3/h12H,4-10,15H2,1-3H3. The lowest BCUT2D eigenvalue weighted by molar-refractivity contribution is 0.391. The molecule has 1 fully saturated rings. The molecule has 1 aliphatic rings. The molecule has 0 aliphatic carbocycles. The second-order valence-electron chi connectivity index (χ2n) is 5.39. The van der Waals surface area contributed by atoms with Gasteiger partial charge in [0, 0.05) is 25.7 Å². The summed E-state index contributed by atoms with van der Waals surface area (Å²) in [7, 11) is 2.05. The maximum Gasteiger partial charge on any atom is 0.130 e. The van der Waals surface area contributed by atoms with Crippen molar-refractivity contribution in [1.82, 2.24) is 9.78 Å². The van der Waals surface area contributed by atoms with E-state index in [-0.39, 0.29) is 0 Å². The van der Waals surface area contributed by atoms with Gasteiger partial charge in [0.1, 0.15) is 5.82 Å². The summed E-state index contributed by atoms with van der Waals surface area (Å²) in [6.07, 6.45) is 4.86. The van der Waals surface area contributed by atoms with Gasteiger partial charge in [0.2, 0.25) is 0 Å². The van der Waals surface area contributed by atoms with Crippen molar-refractivity contribution in [2.45, 2.75) is 39.5 Å². The van der Waals surface area contributed by atoms with E-state index in [2.05, 4.69) is 23.8 Å². The highest BCUT2D eigenvalue weighted by Crippen LogP contribution is 2.29. The number of piperidine rings is 1. The third-order valence-corrected chi connectivity index (χ3v) is 4.20. The highest BCUT2D eigenvalue weighted by atomic mass is 15.4. The molecule has 0 unspecified atom stereocenters. The fourth-order valence-electron chi connectivity index (χ4n) is 3.08. The topological polar surface area (TPSA) is 47.1 Å². The molecule has 0 saturated carbocycles. The number of aryl methyl sites for hydroxylation is 2. The summed E-state index contributed by atoms with van der Waals surface area (Å²) in [6, 6.07) is 0. The molecule has 0 spiro atoms. The molecule has 0 radical (unpaired) electrons. The third-order valence-electron chi connectivity index (χ3n) is 4.20. The highest BCUT2D eigenvalue weighted by molar-refractivity contribution is 5.50. The van der Waals surface area contributed by atoms with Gasteiger partial charge in [0.05, 0.1) is 5.69 Å². The van der Waals surface area contributed by atoms with Gasteiger partial charge < -0.3 is 10.6 Å². The zero-order chi connectivity index (χ0) is 13.1. The van der Waals surface area contributed by atoms with Crippen molar-refractivity contribution in [2.75, 3.05) is 24.5 Å². The minimum Gasteiger partial charge on any atom is -0.357 e. The zero-order valence-electron chi connectivity index (χ0n) is 11.9. The van der Waals surface area contributed by atoms with Gasteiger partial charge in [0.25, 0.3) is 0 Å². The first-order chi connectivity index (χ1) is 8.67. The molecule has 0 atom stereocenters. The number of nitrogens with zero attached hydrogens (tertiary/aromatic N) is 3. The molecule has 18 heavy (non-hydrogen) atoms. The second kappa shape index (κ2) is 5.74. The number of aromatic nitrogens is 2. The molecule has 4 nitrogen and oxygen atoms in total. The normalized spacial score (nSPS) is 17.4. The molecule has 1 aromatic heterocycles. The van der Waals surface area contributed by atoms with Crippen LogP contribution in [0.15, 0.2) is 0 Å². The van der Waals surface area contributed by atoms with Crippen LogP contribution in [0.5, 0.6) is 0 Å². The number of nitrogens with two attached hydrogens (primary N) is 1. The van der Waals surface area contributed by atoms with E-state index in [9.17, 15) is 0 Å². The number of anilines is 1. The van der Waals surface area contributed by atoms with Gasteiger partial charge in [-0.3, -0.25) is 4.68 Å². The summed E-state index contributed by atoms with van der Waals surface area (Å²) >= 11 is 0. The van der Waals surface area contributed by atoms with Crippen molar-refractivity contribution in [1.29, 1.82) is 0 Å². The Bertz CT molecular complexity index is 389. The van der Waals surface area contributed by atoms with Crippen LogP contribution in [0.1, 0.15) is 37.4 Å². The third kappa shape index (κ3) is 2.53. The number of rotatable bonds is 4. The van der Waals surface area contributed by atoms with Crippen molar-refractivity contribution in [3.63, 3.8) is 0 Å². The summed E-state index contributed by atoms with van der Waals surface area (Å²) < 4.78 is 2.03. The van der Waals surface area contributed by atoms with E-state index in [1.807, 2.05) is 11.7 Å². The van der Waals surface area contributed by atoms with Gasteiger partial charge in [-0.25, -0.2) is 0 Å². The van der Waals surface area contributed by atoms with Crippen LogP contribution < -0.4 is 10.6 Å². The zero-order valence-corrected chi connectivity index (χ0v) is 11.9. The van der Waals surface area contributed by atoms with E-state index >= 15 is 0 Å². The minimum atomic E-state index is 0.699. The van der Waals surface area contributed by atoms with E-state index in [4.69, 9.17) is 5.73 Å². The maximum atomic E-state index is 5.73. The van der Waals surface area contributed by atoms with Crippen molar-refractivity contribution >= 4 is 5.82 Å². The first kappa shape index (κ1) is 13.4. The first-order valence-corrected chi connectivity index (χ1v) is 7.14. The van der Waals surface area contributed by atoms with Gasteiger partial charge in [0.15, 0.2) is 0 Å². The van der Waals surface area contributed by atoms with E-state index in [1.54, 1.807) is 0 Å². The van der Waals surface area contributed by atoms with Crippen molar-refractivity contribution in [3.05, 3.63) is 11.3 Å². The van der Waals surface area contributed by atoms with Crippen LogP contribution in [0, 0.1) is 12.8 Å². The first-order valence-electron chi connectivity index (χ1n) is 7.14. The molecule has 0 amide bonds. The number of hydrogen-bond acceptors (Lipinski definition) is 3. The van der Waals surface area contributed by atoms with Gasteiger partial charge in [-0.05, 0) is 38.6 Å². The van der Waals surface area contributed by atoms with E-state index < -0.39 is 0 Å². The van der Waals surface area contributed by atoms with Crippen LogP contribution in [0.25, 0.3) is 0 Å². The van der Waals surface area contributed by atoms with Gasteiger partial charge in [-0.2, -0.15) is 5.10 Å². The maximum absolute atomic E-state index is 5.73. The van der Waals surface area contributed by atoms with Gasteiger partial charge in [-0.1, -0.05) is 13.3 Å². The quantitative estimate of drug-likeness (QED) is 0.887. The molecule has 0 aromatic carbocycles. The van der Waals surface area contributed by atoms with Crippen LogP contribution in [-0.4, -0.2) is 29.4 Å².